The fraction of sp³-hybridized carbons (Fsp3) is 0.217. The second-order valence-corrected chi connectivity index (χ2v) is 8.00. The van der Waals surface area contributed by atoms with E-state index < -0.39 is 0 Å². The van der Waals surface area contributed by atoms with Crippen molar-refractivity contribution < 1.29 is 0 Å². The van der Waals surface area contributed by atoms with Crippen molar-refractivity contribution in [2.45, 2.75) is 19.5 Å². The Morgan fingerprint density at radius 3 is 2.59 bits per heavy atom. The number of fused-ring (bicyclic) bond motifs is 4. The van der Waals surface area contributed by atoms with Crippen molar-refractivity contribution in [1.82, 2.24) is 14.5 Å². The van der Waals surface area contributed by atoms with Crippen LogP contribution in [-0.2, 0) is 13.6 Å². The van der Waals surface area contributed by atoms with E-state index in [1.165, 1.54) is 39.6 Å². The minimum Gasteiger partial charge on any atom is -0.369 e. The Morgan fingerprint density at radius 2 is 1.79 bits per heavy atom. The minimum absolute atomic E-state index is 0.0624. The van der Waals surface area contributed by atoms with E-state index in [1.54, 1.807) is 0 Å². The standard InChI is InChI=1S/C23H22ClN5/c1-14-8-10-15(11-9-14)20-19-16-6-4-5-7-17(16)29(3)18(19)12-28(2)23-21(27-20)22(24)25-13-26-23/h4-11,13,20,27H,12H2,1-3H3. The molecule has 0 saturated carbocycles. The van der Waals surface area contributed by atoms with Gasteiger partial charge in [-0.15, -0.1) is 0 Å². The van der Waals surface area contributed by atoms with E-state index in [1.807, 2.05) is 7.05 Å². The number of rotatable bonds is 1. The molecule has 3 heterocycles. The molecule has 0 spiro atoms. The first-order valence-electron chi connectivity index (χ1n) is 9.65. The predicted molar refractivity (Wildman–Crippen MR) is 119 cm³/mol. The zero-order valence-electron chi connectivity index (χ0n) is 16.6. The Labute approximate surface area is 175 Å². The van der Waals surface area contributed by atoms with E-state index >= 15 is 0 Å². The number of benzene rings is 2. The van der Waals surface area contributed by atoms with Crippen LogP contribution < -0.4 is 10.2 Å². The summed E-state index contributed by atoms with van der Waals surface area (Å²) in [7, 11) is 4.17. The molecule has 0 bridgehead atoms. The number of para-hydroxylation sites is 1. The zero-order chi connectivity index (χ0) is 20.1. The average molecular weight is 404 g/mol. The van der Waals surface area contributed by atoms with Gasteiger partial charge in [-0.25, -0.2) is 9.97 Å². The third-order valence-electron chi connectivity index (χ3n) is 5.79. The van der Waals surface area contributed by atoms with Gasteiger partial charge in [0.2, 0.25) is 0 Å². The molecule has 4 aromatic rings. The van der Waals surface area contributed by atoms with Gasteiger partial charge in [0, 0.05) is 36.3 Å². The molecule has 1 unspecified atom stereocenters. The quantitative estimate of drug-likeness (QED) is 0.450. The summed E-state index contributed by atoms with van der Waals surface area (Å²) in [6, 6.07) is 17.2. The fourth-order valence-corrected chi connectivity index (χ4v) is 4.47. The molecule has 6 heteroatoms. The van der Waals surface area contributed by atoms with Crippen molar-refractivity contribution in [2.24, 2.45) is 7.05 Å². The van der Waals surface area contributed by atoms with E-state index in [-0.39, 0.29) is 6.04 Å². The lowest BCUT2D eigenvalue weighted by Crippen LogP contribution is -2.27. The van der Waals surface area contributed by atoms with Gasteiger partial charge in [-0.1, -0.05) is 59.6 Å². The Balaban J connectivity index is 1.82. The lowest BCUT2D eigenvalue weighted by molar-refractivity contribution is 0.758. The van der Waals surface area contributed by atoms with Crippen LogP contribution in [0.5, 0.6) is 0 Å². The molecule has 1 atom stereocenters. The molecule has 1 aliphatic heterocycles. The molecule has 0 amide bonds. The summed E-state index contributed by atoms with van der Waals surface area (Å²) in [6.07, 6.45) is 1.52. The van der Waals surface area contributed by atoms with Crippen LogP contribution in [0.25, 0.3) is 10.9 Å². The van der Waals surface area contributed by atoms with Gasteiger partial charge in [0.25, 0.3) is 0 Å². The second kappa shape index (κ2) is 6.78. The van der Waals surface area contributed by atoms with Gasteiger partial charge in [-0.05, 0) is 18.6 Å². The van der Waals surface area contributed by atoms with Crippen molar-refractivity contribution in [2.75, 3.05) is 17.3 Å². The molecule has 2 aromatic heterocycles. The first kappa shape index (κ1) is 18.0. The molecular weight excluding hydrogens is 382 g/mol. The molecule has 146 valence electrons. The fourth-order valence-electron chi connectivity index (χ4n) is 4.28. The molecule has 0 saturated heterocycles. The third kappa shape index (κ3) is 2.85. The highest BCUT2D eigenvalue weighted by atomic mass is 35.5. The molecule has 5 rings (SSSR count). The first-order chi connectivity index (χ1) is 14.0. The zero-order valence-corrected chi connectivity index (χ0v) is 17.4. The summed E-state index contributed by atoms with van der Waals surface area (Å²) < 4.78 is 2.29. The highest BCUT2D eigenvalue weighted by Crippen LogP contribution is 2.42. The number of nitrogens with one attached hydrogen (secondary N) is 1. The first-order valence-corrected chi connectivity index (χ1v) is 10.0. The van der Waals surface area contributed by atoms with Crippen molar-refractivity contribution in [3.05, 3.63) is 82.4 Å². The maximum atomic E-state index is 6.52. The maximum Gasteiger partial charge on any atom is 0.157 e. The van der Waals surface area contributed by atoms with Crippen LogP contribution in [0.15, 0.2) is 54.9 Å². The number of nitrogens with zero attached hydrogens (tertiary/aromatic N) is 4. The van der Waals surface area contributed by atoms with Gasteiger partial charge in [-0.2, -0.15) is 0 Å². The van der Waals surface area contributed by atoms with Crippen molar-refractivity contribution in [1.29, 1.82) is 0 Å². The summed E-state index contributed by atoms with van der Waals surface area (Å²) in [5, 5.41) is 5.36. The largest absolute Gasteiger partial charge is 0.369 e. The van der Waals surface area contributed by atoms with Crippen LogP contribution >= 0.6 is 11.6 Å². The molecule has 0 aliphatic carbocycles. The topological polar surface area (TPSA) is 46.0 Å². The van der Waals surface area contributed by atoms with Gasteiger partial charge in [0.15, 0.2) is 11.0 Å². The maximum absolute atomic E-state index is 6.52. The van der Waals surface area contributed by atoms with E-state index in [2.05, 4.69) is 87.3 Å². The van der Waals surface area contributed by atoms with Crippen LogP contribution in [0.4, 0.5) is 11.5 Å². The average Bonchev–Trinajstić information content (AvgIpc) is 2.98. The Morgan fingerprint density at radius 1 is 1.03 bits per heavy atom. The number of anilines is 2. The summed E-state index contributed by atoms with van der Waals surface area (Å²) in [4.78, 5) is 10.9. The summed E-state index contributed by atoms with van der Waals surface area (Å²) in [6.45, 7) is 2.83. The summed E-state index contributed by atoms with van der Waals surface area (Å²) in [5.41, 5.74) is 6.92. The van der Waals surface area contributed by atoms with Gasteiger partial charge in [0.1, 0.15) is 12.0 Å². The molecule has 5 nitrogen and oxygen atoms in total. The second-order valence-electron chi connectivity index (χ2n) is 7.64. The molecule has 2 aromatic carbocycles. The molecule has 0 fully saturated rings. The SMILES string of the molecule is Cc1ccc(C2Nc3c(Cl)ncnc3N(C)Cc3c2c2ccccc2n3C)cc1. The third-order valence-corrected chi connectivity index (χ3v) is 6.08. The van der Waals surface area contributed by atoms with E-state index in [4.69, 9.17) is 11.6 Å². The number of hydrogen-bond acceptors (Lipinski definition) is 4. The normalized spacial score (nSPS) is 16.0. The van der Waals surface area contributed by atoms with Crippen molar-refractivity contribution in [3.8, 4) is 0 Å². The Kier molecular flexibility index (Phi) is 4.21. The van der Waals surface area contributed by atoms with Gasteiger partial charge >= 0.3 is 0 Å². The van der Waals surface area contributed by atoms with E-state index in [9.17, 15) is 0 Å². The van der Waals surface area contributed by atoms with Crippen molar-refractivity contribution in [3.63, 3.8) is 0 Å². The summed E-state index contributed by atoms with van der Waals surface area (Å²) in [5.74, 6) is 0.804. The van der Waals surface area contributed by atoms with Crippen molar-refractivity contribution >= 4 is 34.0 Å². The monoisotopic (exact) mass is 403 g/mol. The smallest absolute Gasteiger partial charge is 0.157 e. The van der Waals surface area contributed by atoms with E-state index in [0.717, 1.165) is 18.1 Å². The number of halogens is 1. The lowest BCUT2D eigenvalue weighted by Gasteiger charge is -2.31. The molecule has 1 aliphatic rings. The van der Waals surface area contributed by atoms with Crippen LogP contribution in [0.2, 0.25) is 5.15 Å². The number of aromatic nitrogens is 3. The highest BCUT2D eigenvalue weighted by molar-refractivity contribution is 6.32. The minimum atomic E-state index is -0.0624. The Bertz CT molecular complexity index is 1210. The van der Waals surface area contributed by atoms with Crippen LogP contribution in [-0.4, -0.2) is 21.6 Å². The summed E-state index contributed by atoms with van der Waals surface area (Å²) >= 11 is 6.52. The molecule has 0 radical (unpaired) electrons. The molecule has 29 heavy (non-hydrogen) atoms. The highest BCUT2D eigenvalue weighted by Gasteiger charge is 2.30. The van der Waals surface area contributed by atoms with Crippen LogP contribution in [0.1, 0.15) is 28.4 Å². The van der Waals surface area contributed by atoms with Gasteiger partial charge < -0.3 is 14.8 Å². The number of hydrogen-bond donors (Lipinski definition) is 1. The molecule has 1 N–H and O–H groups in total. The lowest BCUT2D eigenvalue weighted by atomic mass is 9.94. The van der Waals surface area contributed by atoms with Gasteiger partial charge in [0.05, 0.1) is 12.6 Å². The number of aryl methyl sites for hydroxylation is 2. The Hall–Kier alpha value is -3.05. The van der Waals surface area contributed by atoms with Gasteiger partial charge in [-0.3, -0.25) is 0 Å². The van der Waals surface area contributed by atoms with Crippen LogP contribution in [0.3, 0.4) is 0 Å². The van der Waals surface area contributed by atoms with E-state index in [0.29, 0.717) is 5.15 Å². The molecular formula is C23H22ClN5. The predicted octanol–water partition coefficient (Wildman–Crippen LogP) is 5.08. The van der Waals surface area contributed by atoms with Crippen LogP contribution in [0, 0.1) is 6.92 Å².